The van der Waals surface area contributed by atoms with E-state index in [0.717, 1.165) is 18.8 Å². The van der Waals surface area contributed by atoms with Gasteiger partial charge < -0.3 is 10.6 Å². The Balaban J connectivity index is 2.09. The highest BCUT2D eigenvalue weighted by molar-refractivity contribution is 5.10. The molecule has 2 atom stereocenters. The van der Waals surface area contributed by atoms with Crippen LogP contribution < -0.4 is 5.73 Å². The molecule has 0 saturated carbocycles. The fourth-order valence-corrected chi connectivity index (χ4v) is 2.44. The van der Waals surface area contributed by atoms with Crippen molar-refractivity contribution in [2.24, 2.45) is 5.73 Å². The lowest BCUT2D eigenvalue weighted by Gasteiger charge is -2.29. The van der Waals surface area contributed by atoms with Crippen molar-refractivity contribution in [3.63, 3.8) is 0 Å². The summed E-state index contributed by atoms with van der Waals surface area (Å²) in [5.74, 6) is 1.44. The summed E-state index contributed by atoms with van der Waals surface area (Å²) in [7, 11) is 2.18. The lowest BCUT2D eigenvalue weighted by molar-refractivity contribution is 0.248. The van der Waals surface area contributed by atoms with Crippen LogP contribution in [0.25, 0.3) is 0 Å². The van der Waals surface area contributed by atoms with E-state index in [0.29, 0.717) is 5.92 Å². The van der Waals surface area contributed by atoms with Crippen LogP contribution in [0.2, 0.25) is 0 Å². The number of likely N-dealkylation sites (tertiary alicyclic amines) is 1. The van der Waals surface area contributed by atoms with Crippen LogP contribution >= 0.6 is 0 Å². The zero-order valence-electron chi connectivity index (χ0n) is 10.8. The van der Waals surface area contributed by atoms with E-state index >= 15 is 0 Å². The monoisotopic (exact) mass is 234 g/mol. The zero-order valence-corrected chi connectivity index (χ0v) is 10.8. The predicted octanol–water partition coefficient (Wildman–Crippen LogP) is 1.18. The van der Waals surface area contributed by atoms with Crippen molar-refractivity contribution in [1.29, 1.82) is 0 Å². The highest BCUT2D eigenvalue weighted by Gasteiger charge is 2.20. The van der Waals surface area contributed by atoms with Gasteiger partial charge in [0.2, 0.25) is 0 Å². The summed E-state index contributed by atoms with van der Waals surface area (Å²) in [6.07, 6.45) is 5.12. The number of aromatic nitrogens is 2. The quantitative estimate of drug-likeness (QED) is 0.853. The van der Waals surface area contributed by atoms with Crippen molar-refractivity contribution in [2.45, 2.75) is 38.1 Å². The van der Waals surface area contributed by atoms with E-state index in [-0.39, 0.29) is 6.04 Å². The van der Waals surface area contributed by atoms with Crippen LogP contribution in [-0.2, 0) is 6.42 Å². The van der Waals surface area contributed by atoms with Gasteiger partial charge in [-0.3, -0.25) is 0 Å². The number of nitrogens with two attached hydrogens (primary N) is 1. The van der Waals surface area contributed by atoms with E-state index in [4.69, 9.17) is 5.73 Å². The van der Waals surface area contributed by atoms with E-state index in [1.807, 2.05) is 13.1 Å². The van der Waals surface area contributed by atoms with Gasteiger partial charge in [0.1, 0.15) is 5.82 Å². The second-order valence-corrected chi connectivity index (χ2v) is 5.18. The fourth-order valence-electron chi connectivity index (χ4n) is 2.44. The molecule has 1 aromatic heterocycles. The third-order valence-corrected chi connectivity index (χ3v) is 3.27. The maximum atomic E-state index is 5.79. The molecule has 0 radical (unpaired) electrons. The van der Waals surface area contributed by atoms with Gasteiger partial charge in [0.15, 0.2) is 0 Å². The van der Waals surface area contributed by atoms with Crippen LogP contribution in [0.1, 0.15) is 37.2 Å². The van der Waals surface area contributed by atoms with Gasteiger partial charge in [-0.25, -0.2) is 9.97 Å². The predicted molar refractivity (Wildman–Crippen MR) is 68.9 cm³/mol. The van der Waals surface area contributed by atoms with E-state index in [9.17, 15) is 0 Å². The van der Waals surface area contributed by atoms with Crippen LogP contribution in [-0.4, -0.2) is 41.0 Å². The fraction of sp³-hybridized carbons (Fsp3) is 0.692. The van der Waals surface area contributed by atoms with Gasteiger partial charge in [-0.05, 0) is 39.4 Å². The Bertz CT molecular complexity index is 364. The second kappa shape index (κ2) is 5.56. The minimum Gasteiger partial charge on any atom is -0.328 e. The molecule has 0 aromatic carbocycles. The lowest BCUT2D eigenvalue weighted by Crippen LogP contribution is -2.31. The van der Waals surface area contributed by atoms with Crippen LogP contribution in [0.5, 0.6) is 0 Å². The summed E-state index contributed by atoms with van der Waals surface area (Å²) >= 11 is 0. The molecule has 2 unspecified atom stereocenters. The Morgan fingerprint density at radius 1 is 1.59 bits per heavy atom. The maximum Gasteiger partial charge on any atom is 0.130 e. The van der Waals surface area contributed by atoms with E-state index < -0.39 is 0 Å². The summed E-state index contributed by atoms with van der Waals surface area (Å²) in [5.41, 5.74) is 6.97. The molecule has 4 heteroatoms. The number of hydrogen-bond donors (Lipinski definition) is 1. The summed E-state index contributed by atoms with van der Waals surface area (Å²) < 4.78 is 0. The van der Waals surface area contributed by atoms with E-state index in [1.54, 1.807) is 0 Å². The van der Waals surface area contributed by atoms with Gasteiger partial charge in [-0.1, -0.05) is 0 Å². The average Bonchev–Trinajstić information content (AvgIpc) is 2.28. The average molecular weight is 234 g/mol. The molecule has 0 amide bonds. The molecule has 2 heterocycles. The number of nitrogens with zero attached hydrogens (tertiary/aromatic N) is 3. The third-order valence-electron chi connectivity index (χ3n) is 3.27. The SMILES string of the molecule is CC(N)Cc1nccc(C2CCCN(C)C2)n1. The molecule has 94 valence electrons. The molecule has 1 saturated heterocycles. The van der Waals surface area contributed by atoms with Crippen LogP contribution in [0.3, 0.4) is 0 Å². The summed E-state index contributed by atoms with van der Waals surface area (Å²) in [6.45, 7) is 4.30. The molecule has 17 heavy (non-hydrogen) atoms. The number of rotatable bonds is 3. The Morgan fingerprint density at radius 3 is 3.12 bits per heavy atom. The van der Waals surface area contributed by atoms with E-state index in [1.165, 1.54) is 25.1 Å². The van der Waals surface area contributed by atoms with E-state index in [2.05, 4.69) is 28.0 Å². The molecular weight excluding hydrogens is 212 g/mol. The first-order chi connectivity index (χ1) is 8.15. The lowest BCUT2D eigenvalue weighted by atomic mass is 9.95. The minimum absolute atomic E-state index is 0.124. The topological polar surface area (TPSA) is 55.0 Å². The Labute approximate surface area is 103 Å². The molecule has 2 rings (SSSR count). The summed E-state index contributed by atoms with van der Waals surface area (Å²) in [4.78, 5) is 11.3. The van der Waals surface area contributed by atoms with Gasteiger partial charge in [0.25, 0.3) is 0 Å². The third kappa shape index (κ3) is 3.48. The highest BCUT2D eigenvalue weighted by Crippen LogP contribution is 2.24. The molecule has 1 fully saturated rings. The molecule has 1 aromatic rings. The van der Waals surface area contributed by atoms with Crippen molar-refractivity contribution in [3.05, 3.63) is 23.8 Å². The van der Waals surface area contributed by atoms with Gasteiger partial charge in [-0.15, -0.1) is 0 Å². The number of hydrogen-bond acceptors (Lipinski definition) is 4. The molecule has 1 aliphatic heterocycles. The summed E-state index contributed by atoms with van der Waals surface area (Å²) in [6, 6.07) is 2.17. The highest BCUT2D eigenvalue weighted by atomic mass is 15.1. The first kappa shape index (κ1) is 12.5. The maximum absolute atomic E-state index is 5.79. The van der Waals surface area contributed by atoms with Gasteiger partial charge >= 0.3 is 0 Å². The van der Waals surface area contributed by atoms with Crippen molar-refractivity contribution in [3.8, 4) is 0 Å². The normalized spacial score (nSPS) is 23.6. The van der Waals surface area contributed by atoms with Crippen molar-refractivity contribution >= 4 is 0 Å². The van der Waals surface area contributed by atoms with Crippen LogP contribution in [0, 0.1) is 0 Å². The van der Waals surface area contributed by atoms with Gasteiger partial charge in [-0.2, -0.15) is 0 Å². The molecule has 1 aliphatic rings. The standard InChI is InChI=1S/C13H22N4/c1-10(14)8-13-15-6-5-12(16-13)11-4-3-7-17(2)9-11/h5-6,10-11H,3-4,7-9,14H2,1-2H3. The Hall–Kier alpha value is -1.00. The van der Waals surface area contributed by atoms with Crippen molar-refractivity contribution in [2.75, 3.05) is 20.1 Å². The van der Waals surface area contributed by atoms with Crippen molar-refractivity contribution < 1.29 is 0 Å². The molecule has 0 bridgehead atoms. The zero-order chi connectivity index (χ0) is 12.3. The second-order valence-electron chi connectivity index (χ2n) is 5.18. The smallest absolute Gasteiger partial charge is 0.130 e. The molecule has 4 nitrogen and oxygen atoms in total. The van der Waals surface area contributed by atoms with Crippen LogP contribution in [0.4, 0.5) is 0 Å². The molecule has 0 aliphatic carbocycles. The Kier molecular flexibility index (Phi) is 4.07. The molecular formula is C13H22N4. The minimum atomic E-state index is 0.124. The molecule has 2 N–H and O–H groups in total. The molecule has 0 spiro atoms. The van der Waals surface area contributed by atoms with Crippen molar-refractivity contribution in [1.82, 2.24) is 14.9 Å². The van der Waals surface area contributed by atoms with Gasteiger partial charge in [0, 0.05) is 36.8 Å². The number of likely N-dealkylation sites (N-methyl/N-ethyl adjacent to an activating group) is 1. The first-order valence-corrected chi connectivity index (χ1v) is 6.41. The number of piperidine rings is 1. The van der Waals surface area contributed by atoms with Crippen LogP contribution in [0.15, 0.2) is 12.3 Å². The Morgan fingerprint density at radius 2 is 2.41 bits per heavy atom. The largest absolute Gasteiger partial charge is 0.328 e. The van der Waals surface area contributed by atoms with Gasteiger partial charge in [0.05, 0.1) is 0 Å². The first-order valence-electron chi connectivity index (χ1n) is 6.41. The summed E-state index contributed by atoms with van der Waals surface area (Å²) in [5, 5.41) is 0.